The average molecular weight is 308 g/mol. The number of rotatable bonds is 5. The molecule has 2 N–H and O–H groups in total. The zero-order valence-electron chi connectivity index (χ0n) is 9.94. The Balaban J connectivity index is 3.05. The minimum Gasteiger partial charge on any atom is -0.464 e. The number of nitrogens with two attached hydrogens (primary N) is 1. The summed E-state index contributed by atoms with van der Waals surface area (Å²) in [6.45, 7) is 0. The summed E-state index contributed by atoms with van der Waals surface area (Å²) >= 11 is 0. The summed E-state index contributed by atoms with van der Waals surface area (Å²) in [4.78, 5) is 14.6. The lowest BCUT2D eigenvalue weighted by molar-refractivity contribution is 0.0593. The van der Waals surface area contributed by atoms with E-state index in [-0.39, 0.29) is 10.6 Å². The van der Waals surface area contributed by atoms with Crippen LogP contribution in [0.3, 0.4) is 0 Å². The van der Waals surface area contributed by atoms with Gasteiger partial charge in [-0.3, -0.25) is 0 Å². The van der Waals surface area contributed by atoms with E-state index in [0.29, 0.717) is 0 Å². The fourth-order valence-corrected chi connectivity index (χ4v) is 3.77. The molecule has 0 saturated carbocycles. The highest BCUT2D eigenvalue weighted by Crippen LogP contribution is 2.12. The van der Waals surface area contributed by atoms with Gasteiger partial charge in [0.25, 0.3) is 0 Å². The molecule has 106 valence electrons. The third kappa shape index (κ3) is 4.58. The number of sulfonamides is 1. The van der Waals surface area contributed by atoms with Crippen LogP contribution in [-0.2, 0) is 24.6 Å². The number of carbonyl (C=O) groups excluding carboxylic acids is 1. The molecule has 0 atom stereocenters. The Kier molecular flexibility index (Phi) is 4.61. The SMILES string of the molecule is COC(=O)c1cc(S(=O)(=O)CCS(N)(=O)=O)ccn1. The van der Waals surface area contributed by atoms with Gasteiger partial charge in [0, 0.05) is 6.20 Å². The van der Waals surface area contributed by atoms with Crippen LogP contribution < -0.4 is 5.14 Å². The molecule has 0 aliphatic carbocycles. The van der Waals surface area contributed by atoms with Crippen molar-refractivity contribution < 1.29 is 26.4 Å². The monoisotopic (exact) mass is 308 g/mol. The second-order valence-electron chi connectivity index (χ2n) is 3.55. The quantitative estimate of drug-likeness (QED) is 0.684. The number of carbonyl (C=O) groups is 1. The van der Waals surface area contributed by atoms with Gasteiger partial charge in [0.1, 0.15) is 5.69 Å². The zero-order valence-corrected chi connectivity index (χ0v) is 11.6. The standard InChI is InChI=1S/C9H12N2O6S2/c1-17-9(12)8-6-7(2-3-11-8)18(13,14)4-5-19(10,15)16/h2-3,6H,4-5H2,1H3,(H2,10,15,16). The second kappa shape index (κ2) is 5.63. The van der Waals surface area contributed by atoms with Crippen molar-refractivity contribution in [3.63, 3.8) is 0 Å². The lowest BCUT2D eigenvalue weighted by Crippen LogP contribution is -2.23. The Hall–Kier alpha value is -1.52. The van der Waals surface area contributed by atoms with E-state index in [1.807, 2.05) is 0 Å². The van der Waals surface area contributed by atoms with E-state index in [1.165, 1.54) is 0 Å². The lowest BCUT2D eigenvalue weighted by Gasteiger charge is -2.05. The number of pyridine rings is 1. The van der Waals surface area contributed by atoms with Crippen molar-refractivity contribution in [2.45, 2.75) is 4.90 Å². The van der Waals surface area contributed by atoms with Gasteiger partial charge in [0.15, 0.2) is 9.84 Å². The summed E-state index contributed by atoms with van der Waals surface area (Å²) in [6.07, 6.45) is 1.12. The van der Waals surface area contributed by atoms with Gasteiger partial charge in [-0.1, -0.05) is 0 Å². The van der Waals surface area contributed by atoms with E-state index in [1.54, 1.807) is 0 Å². The number of esters is 1. The van der Waals surface area contributed by atoms with Crippen LogP contribution in [0.4, 0.5) is 0 Å². The van der Waals surface area contributed by atoms with E-state index in [4.69, 9.17) is 5.14 Å². The zero-order chi connectivity index (χ0) is 14.7. The summed E-state index contributed by atoms with van der Waals surface area (Å²) in [5.41, 5.74) is -0.181. The van der Waals surface area contributed by atoms with Crippen LogP contribution in [0.1, 0.15) is 10.5 Å². The van der Waals surface area contributed by atoms with Crippen molar-refractivity contribution >= 4 is 25.8 Å². The molecule has 0 aromatic carbocycles. The number of methoxy groups -OCH3 is 1. The molecule has 0 spiro atoms. The number of primary sulfonamides is 1. The predicted octanol–water partition coefficient (Wildman–Crippen LogP) is -1.07. The van der Waals surface area contributed by atoms with Gasteiger partial charge in [0.05, 0.1) is 23.5 Å². The van der Waals surface area contributed by atoms with Gasteiger partial charge in [-0.2, -0.15) is 0 Å². The van der Waals surface area contributed by atoms with E-state index in [0.717, 1.165) is 25.4 Å². The second-order valence-corrected chi connectivity index (χ2v) is 7.40. The molecule has 1 aromatic rings. The van der Waals surface area contributed by atoms with Crippen LogP contribution in [0.15, 0.2) is 23.2 Å². The van der Waals surface area contributed by atoms with Gasteiger partial charge < -0.3 is 4.74 Å². The molecule has 1 aromatic heterocycles. The van der Waals surface area contributed by atoms with E-state index < -0.39 is 37.3 Å². The van der Waals surface area contributed by atoms with Crippen molar-refractivity contribution in [1.29, 1.82) is 0 Å². The van der Waals surface area contributed by atoms with Gasteiger partial charge in [0.2, 0.25) is 10.0 Å². The van der Waals surface area contributed by atoms with Crippen molar-refractivity contribution in [3.8, 4) is 0 Å². The molecule has 0 aliphatic rings. The molecule has 0 amide bonds. The van der Waals surface area contributed by atoms with Crippen LogP contribution in [-0.4, -0.2) is 46.4 Å². The molecule has 19 heavy (non-hydrogen) atoms. The third-order valence-electron chi connectivity index (χ3n) is 2.12. The fourth-order valence-electron chi connectivity index (χ4n) is 1.16. The molecular weight excluding hydrogens is 296 g/mol. The number of ether oxygens (including phenoxy) is 1. The van der Waals surface area contributed by atoms with Crippen molar-refractivity contribution in [3.05, 3.63) is 24.0 Å². The van der Waals surface area contributed by atoms with Crippen LogP contribution >= 0.6 is 0 Å². The summed E-state index contributed by atoms with van der Waals surface area (Å²) in [6, 6.07) is 2.18. The third-order valence-corrected chi connectivity index (χ3v) is 4.87. The first kappa shape index (κ1) is 15.5. The van der Waals surface area contributed by atoms with E-state index >= 15 is 0 Å². The van der Waals surface area contributed by atoms with Crippen LogP contribution in [0.5, 0.6) is 0 Å². The van der Waals surface area contributed by atoms with Crippen LogP contribution in [0.2, 0.25) is 0 Å². The maximum atomic E-state index is 11.8. The van der Waals surface area contributed by atoms with Crippen molar-refractivity contribution in [2.24, 2.45) is 5.14 Å². The Bertz CT molecular complexity index is 680. The maximum absolute atomic E-state index is 11.8. The number of sulfone groups is 1. The normalized spacial score (nSPS) is 12.1. The van der Waals surface area contributed by atoms with Gasteiger partial charge in [-0.15, -0.1) is 0 Å². The van der Waals surface area contributed by atoms with Crippen molar-refractivity contribution in [2.75, 3.05) is 18.6 Å². The first-order valence-corrected chi connectivity index (χ1v) is 8.30. The average Bonchev–Trinajstić information content (AvgIpc) is 2.35. The minimum absolute atomic E-state index is 0.181. The van der Waals surface area contributed by atoms with Crippen LogP contribution in [0, 0.1) is 0 Å². The van der Waals surface area contributed by atoms with Crippen LogP contribution in [0.25, 0.3) is 0 Å². The molecular formula is C9H12N2O6S2. The molecule has 0 bridgehead atoms. The summed E-state index contributed by atoms with van der Waals surface area (Å²) in [7, 11) is -6.62. The molecule has 10 heteroatoms. The minimum atomic E-state index is -3.88. The molecule has 1 heterocycles. The number of hydrogen-bond acceptors (Lipinski definition) is 7. The van der Waals surface area contributed by atoms with E-state index in [9.17, 15) is 21.6 Å². The lowest BCUT2D eigenvalue weighted by atomic mass is 10.3. The Morgan fingerprint density at radius 1 is 1.32 bits per heavy atom. The van der Waals surface area contributed by atoms with Crippen molar-refractivity contribution in [1.82, 2.24) is 4.98 Å². The largest absolute Gasteiger partial charge is 0.464 e. The topological polar surface area (TPSA) is 133 Å². The highest BCUT2D eigenvalue weighted by atomic mass is 32.2. The number of aromatic nitrogens is 1. The molecule has 0 saturated heterocycles. The highest BCUT2D eigenvalue weighted by Gasteiger charge is 2.19. The number of nitrogens with zero attached hydrogens (tertiary/aromatic N) is 1. The van der Waals surface area contributed by atoms with Gasteiger partial charge in [-0.25, -0.2) is 31.8 Å². The summed E-state index contributed by atoms with van der Waals surface area (Å²) in [5.74, 6) is -2.16. The first-order valence-electron chi connectivity index (χ1n) is 4.93. The maximum Gasteiger partial charge on any atom is 0.356 e. The number of hydrogen-bond donors (Lipinski definition) is 1. The fraction of sp³-hybridized carbons (Fsp3) is 0.333. The predicted molar refractivity (Wildman–Crippen MR) is 65.6 cm³/mol. The Morgan fingerprint density at radius 2 is 1.95 bits per heavy atom. The van der Waals surface area contributed by atoms with Gasteiger partial charge in [-0.05, 0) is 12.1 Å². The first-order chi connectivity index (χ1) is 8.65. The van der Waals surface area contributed by atoms with E-state index in [2.05, 4.69) is 9.72 Å². The Morgan fingerprint density at radius 3 is 2.47 bits per heavy atom. The van der Waals surface area contributed by atoms with Gasteiger partial charge >= 0.3 is 5.97 Å². The summed E-state index contributed by atoms with van der Waals surface area (Å²) < 4.78 is 49.6. The molecule has 0 fully saturated rings. The smallest absolute Gasteiger partial charge is 0.356 e. The molecule has 1 rings (SSSR count). The highest BCUT2D eigenvalue weighted by molar-refractivity contribution is 7.94. The molecule has 8 nitrogen and oxygen atoms in total. The molecule has 0 unspecified atom stereocenters. The summed E-state index contributed by atoms with van der Waals surface area (Å²) in [5, 5.41) is 4.74. The Labute approximate surface area is 110 Å². The molecule has 0 radical (unpaired) electrons. The molecule has 0 aliphatic heterocycles.